The van der Waals surface area contributed by atoms with Crippen molar-refractivity contribution >= 4 is 39.6 Å². The number of hydrogen-bond donors (Lipinski definition) is 0. The summed E-state index contributed by atoms with van der Waals surface area (Å²) in [7, 11) is 1.18. The molecule has 1 aliphatic heterocycles. The molecule has 0 saturated heterocycles. The quantitative estimate of drug-likeness (QED) is 0.453. The Balaban J connectivity index is 2.15. The van der Waals surface area contributed by atoms with Crippen molar-refractivity contribution in [2.24, 2.45) is 0 Å². The lowest BCUT2D eigenvalue weighted by molar-refractivity contribution is -0.137. The van der Waals surface area contributed by atoms with Crippen molar-refractivity contribution < 1.29 is 27.5 Å². The Labute approximate surface area is 173 Å². The molecule has 0 spiro atoms. The molecule has 0 aliphatic carbocycles. The van der Waals surface area contributed by atoms with E-state index in [1.807, 2.05) is 0 Å². The number of carbonyl (C=O) groups excluding carboxylic acids is 2. The zero-order valence-electron chi connectivity index (χ0n) is 15.4. The number of anilines is 1. The van der Waals surface area contributed by atoms with E-state index in [0.717, 1.165) is 21.5 Å². The maximum absolute atomic E-state index is 13.1. The average Bonchev–Trinajstić information content (AvgIpc) is 2.90. The Hall–Kier alpha value is -2.87. The number of hydrogen-bond acceptors (Lipinski definition) is 3. The highest BCUT2D eigenvalue weighted by molar-refractivity contribution is 9.10. The Morgan fingerprint density at radius 2 is 1.83 bits per heavy atom. The van der Waals surface area contributed by atoms with Crippen LogP contribution in [0, 0.1) is 0 Å². The van der Waals surface area contributed by atoms with E-state index in [2.05, 4.69) is 15.9 Å². The van der Waals surface area contributed by atoms with Crippen molar-refractivity contribution in [1.29, 1.82) is 0 Å². The topological polar surface area (TPSA) is 46.6 Å². The molecule has 0 N–H and O–H groups in total. The molecule has 1 amide bonds. The molecule has 8 heteroatoms. The first-order valence-electron chi connectivity index (χ1n) is 8.42. The molecule has 29 heavy (non-hydrogen) atoms. The number of rotatable bonds is 3. The van der Waals surface area contributed by atoms with Gasteiger partial charge in [0.05, 0.1) is 23.8 Å². The van der Waals surface area contributed by atoms with Crippen LogP contribution in [0.25, 0.3) is 6.08 Å². The van der Waals surface area contributed by atoms with E-state index in [-0.39, 0.29) is 22.5 Å². The van der Waals surface area contributed by atoms with Crippen LogP contribution in [0.1, 0.15) is 18.1 Å². The van der Waals surface area contributed by atoms with Gasteiger partial charge in [0.2, 0.25) is 0 Å². The predicted octanol–water partition coefficient (Wildman–Crippen LogP) is 5.35. The second-order valence-corrected chi connectivity index (χ2v) is 7.17. The van der Waals surface area contributed by atoms with Gasteiger partial charge in [-0.15, -0.1) is 0 Å². The molecule has 2 aromatic carbocycles. The van der Waals surface area contributed by atoms with E-state index in [1.54, 1.807) is 24.3 Å². The first-order valence-corrected chi connectivity index (χ1v) is 9.21. The number of benzene rings is 2. The number of carbonyl (C=O) groups is 2. The predicted molar refractivity (Wildman–Crippen MR) is 106 cm³/mol. The minimum atomic E-state index is -4.56. The molecular weight excluding hydrogens is 451 g/mol. The van der Waals surface area contributed by atoms with Crippen LogP contribution in [-0.2, 0) is 20.5 Å². The minimum Gasteiger partial charge on any atom is -0.465 e. The zero-order chi connectivity index (χ0) is 21.3. The second-order valence-electron chi connectivity index (χ2n) is 6.25. The summed E-state index contributed by atoms with van der Waals surface area (Å²) in [6.45, 7) is 1.49. The van der Waals surface area contributed by atoms with Gasteiger partial charge in [-0.25, -0.2) is 4.79 Å². The highest BCUT2D eigenvalue weighted by Gasteiger charge is 2.39. The van der Waals surface area contributed by atoms with Gasteiger partial charge in [-0.3, -0.25) is 9.69 Å². The molecular formula is C21H15BrF3NO3. The minimum absolute atomic E-state index is 0.00915. The molecule has 0 saturated carbocycles. The summed E-state index contributed by atoms with van der Waals surface area (Å²) in [5.41, 5.74) is 0.0194. The van der Waals surface area contributed by atoms with E-state index in [9.17, 15) is 22.8 Å². The molecule has 3 rings (SSSR count). The van der Waals surface area contributed by atoms with Crippen molar-refractivity contribution in [2.45, 2.75) is 13.1 Å². The third kappa shape index (κ3) is 4.12. The second kappa shape index (κ2) is 7.87. The fourth-order valence-corrected chi connectivity index (χ4v) is 3.49. The van der Waals surface area contributed by atoms with Gasteiger partial charge in [0.15, 0.2) is 0 Å². The van der Waals surface area contributed by atoms with E-state index in [0.29, 0.717) is 5.56 Å². The molecule has 0 bridgehead atoms. The van der Waals surface area contributed by atoms with Crippen LogP contribution < -0.4 is 4.90 Å². The highest BCUT2D eigenvalue weighted by Crippen LogP contribution is 2.38. The van der Waals surface area contributed by atoms with Gasteiger partial charge < -0.3 is 4.74 Å². The van der Waals surface area contributed by atoms with Crippen LogP contribution in [-0.4, -0.2) is 19.0 Å². The third-order valence-corrected chi connectivity index (χ3v) is 4.87. The lowest BCUT2D eigenvalue weighted by Crippen LogP contribution is -2.24. The number of nitrogens with zero attached hydrogens (tertiary/aromatic N) is 1. The highest BCUT2D eigenvalue weighted by atomic mass is 79.9. The first-order chi connectivity index (χ1) is 13.6. The normalized spacial score (nSPS) is 16.0. The van der Waals surface area contributed by atoms with Crippen molar-refractivity contribution in [3.8, 4) is 0 Å². The van der Waals surface area contributed by atoms with E-state index in [4.69, 9.17) is 4.74 Å². The van der Waals surface area contributed by atoms with E-state index in [1.165, 1.54) is 32.2 Å². The summed E-state index contributed by atoms with van der Waals surface area (Å²) in [5, 5.41) is 0. The summed E-state index contributed by atoms with van der Waals surface area (Å²) in [6, 6.07) is 11.4. The average molecular weight is 466 g/mol. The Morgan fingerprint density at radius 1 is 1.14 bits per heavy atom. The van der Waals surface area contributed by atoms with Crippen LogP contribution in [0.15, 0.2) is 69.8 Å². The van der Waals surface area contributed by atoms with Crippen LogP contribution in [0.3, 0.4) is 0 Å². The molecule has 0 unspecified atom stereocenters. The number of alkyl halides is 3. The molecule has 0 aromatic heterocycles. The van der Waals surface area contributed by atoms with Gasteiger partial charge in [0.25, 0.3) is 5.91 Å². The van der Waals surface area contributed by atoms with Crippen molar-refractivity contribution in [2.75, 3.05) is 12.0 Å². The number of allylic oxidation sites excluding steroid dienone is 1. The van der Waals surface area contributed by atoms with Gasteiger partial charge in [-0.05, 0) is 48.9 Å². The van der Waals surface area contributed by atoms with Crippen LogP contribution in [0.2, 0.25) is 0 Å². The number of ether oxygens (including phenoxy) is 1. The molecule has 0 atom stereocenters. The van der Waals surface area contributed by atoms with Crippen molar-refractivity contribution in [3.63, 3.8) is 0 Å². The van der Waals surface area contributed by atoms with Crippen LogP contribution in [0.4, 0.5) is 18.9 Å². The number of esters is 1. The molecule has 1 heterocycles. The SMILES string of the molecule is COC(=O)C1=C(C)N(c2cccc(C(F)(F)F)c2)C(=O)C1=Cc1cccc(Br)c1. The standard InChI is InChI=1S/C21H15BrF3NO3/c1-12-18(20(28)29-2)17(10-13-5-3-7-15(22)9-13)19(27)26(12)16-8-4-6-14(11-16)21(23,24)25/h3-11H,1-2H3. The summed E-state index contributed by atoms with van der Waals surface area (Å²) in [4.78, 5) is 26.6. The lowest BCUT2D eigenvalue weighted by atomic mass is 10.0. The Kier molecular flexibility index (Phi) is 5.66. The maximum Gasteiger partial charge on any atom is 0.416 e. The van der Waals surface area contributed by atoms with E-state index >= 15 is 0 Å². The molecule has 150 valence electrons. The lowest BCUT2D eigenvalue weighted by Gasteiger charge is -2.19. The van der Waals surface area contributed by atoms with Gasteiger partial charge in [0.1, 0.15) is 0 Å². The third-order valence-electron chi connectivity index (χ3n) is 4.38. The van der Waals surface area contributed by atoms with Gasteiger partial charge in [0, 0.05) is 15.9 Å². The van der Waals surface area contributed by atoms with Gasteiger partial charge >= 0.3 is 12.1 Å². The van der Waals surface area contributed by atoms with Gasteiger partial charge in [-0.1, -0.05) is 34.1 Å². The van der Waals surface area contributed by atoms with E-state index < -0.39 is 23.6 Å². The fourth-order valence-electron chi connectivity index (χ4n) is 3.08. The zero-order valence-corrected chi connectivity index (χ0v) is 17.0. The molecule has 4 nitrogen and oxygen atoms in total. The molecule has 0 radical (unpaired) electrons. The number of amides is 1. The molecule has 2 aromatic rings. The monoisotopic (exact) mass is 465 g/mol. The number of methoxy groups -OCH3 is 1. The smallest absolute Gasteiger partial charge is 0.416 e. The summed E-state index contributed by atoms with van der Waals surface area (Å²) >= 11 is 3.34. The summed E-state index contributed by atoms with van der Waals surface area (Å²) in [5.74, 6) is -1.35. The van der Waals surface area contributed by atoms with Crippen molar-refractivity contribution in [1.82, 2.24) is 0 Å². The first kappa shape index (κ1) is 20.9. The maximum atomic E-state index is 13.1. The summed E-state index contributed by atoms with van der Waals surface area (Å²) < 4.78 is 44.9. The molecule has 0 fully saturated rings. The molecule has 1 aliphatic rings. The van der Waals surface area contributed by atoms with Crippen molar-refractivity contribution in [3.05, 3.63) is 81.0 Å². The summed E-state index contributed by atoms with van der Waals surface area (Å²) in [6.07, 6.45) is -3.05. The number of halogens is 4. The Bertz CT molecular complexity index is 1060. The van der Waals surface area contributed by atoms with Crippen LogP contribution in [0.5, 0.6) is 0 Å². The Morgan fingerprint density at radius 3 is 2.45 bits per heavy atom. The largest absolute Gasteiger partial charge is 0.465 e. The van der Waals surface area contributed by atoms with Gasteiger partial charge in [-0.2, -0.15) is 13.2 Å². The van der Waals surface area contributed by atoms with Crippen LogP contribution >= 0.6 is 15.9 Å². The fraction of sp³-hybridized carbons (Fsp3) is 0.143.